The van der Waals surface area contributed by atoms with Gasteiger partial charge in [0.2, 0.25) is 5.91 Å². The topological polar surface area (TPSA) is 63.9 Å². The molecular weight excluding hydrogens is 302 g/mol. The molecule has 1 saturated heterocycles. The molecule has 3 rings (SSSR count). The second-order valence-corrected chi connectivity index (χ2v) is 7.60. The van der Waals surface area contributed by atoms with Crippen LogP contribution in [-0.2, 0) is 18.3 Å². The highest BCUT2D eigenvalue weighted by Crippen LogP contribution is 2.26. The van der Waals surface area contributed by atoms with Crippen molar-refractivity contribution in [2.75, 3.05) is 13.1 Å². The van der Waals surface area contributed by atoms with Gasteiger partial charge < -0.3 is 4.90 Å². The van der Waals surface area contributed by atoms with E-state index >= 15 is 0 Å². The van der Waals surface area contributed by atoms with Crippen LogP contribution in [0.15, 0.2) is 24.7 Å². The van der Waals surface area contributed by atoms with Gasteiger partial charge in [-0.3, -0.25) is 14.5 Å². The molecule has 0 N–H and O–H groups in total. The molecule has 1 atom stereocenters. The van der Waals surface area contributed by atoms with Crippen molar-refractivity contribution in [2.45, 2.75) is 33.6 Å². The van der Waals surface area contributed by atoms with Crippen molar-refractivity contribution in [3.05, 3.63) is 30.4 Å². The zero-order chi connectivity index (χ0) is 17.3. The average molecular weight is 327 g/mol. The molecule has 0 aliphatic carbocycles. The quantitative estimate of drug-likeness (QED) is 0.868. The number of hydrogen-bond acceptors (Lipinski definition) is 4. The van der Waals surface area contributed by atoms with E-state index in [1.807, 2.05) is 45.0 Å². The Bertz CT molecular complexity index is 731. The minimum absolute atomic E-state index is 0.236. The molecule has 1 amide bonds. The van der Waals surface area contributed by atoms with Crippen LogP contribution in [0.5, 0.6) is 0 Å². The van der Waals surface area contributed by atoms with Crippen molar-refractivity contribution in [1.29, 1.82) is 0 Å². The normalized spacial score (nSPS) is 18.2. The summed E-state index contributed by atoms with van der Waals surface area (Å²) in [4.78, 5) is 23.5. The van der Waals surface area contributed by atoms with E-state index in [4.69, 9.17) is 4.98 Å². The van der Waals surface area contributed by atoms with Gasteiger partial charge in [0.25, 0.3) is 0 Å². The largest absolute Gasteiger partial charge is 0.342 e. The van der Waals surface area contributed by atoms with Crippen molar-refractivity contribution in [1.82, 2.24) is 24.6 Å². The fraction of sp³-hybridized carbons (Fsp3) is 0.556. The van der Waals surface area contributed by atoms with Crippen LogP contribution in [0.1, 0.15) is 32.9 Å². The molecule has 128 valence electrons. The molecule has 6 nitrogen and oxygen atoms in total. The number of aromatic nitrogens is 4. The summed E-state index contributed by atoms with van der Waals surface area (Å²) in [6.45, 7) is 7.59. The van der Waals surface area contributed by atoms with Crippen LogP contribution in [0, 0.1) is 11.3 Å². The number of likely N-dealkylation sites (tertiary alicyclic amines) is 1. The fourth-order valence-electron chi connectivity index (χ4n) is 3.21. The number of carbonyl (C=O) groups is 1. The highest BCUT2D eigenvalue weighted by molar-refractivity contribution is 5.81. The van der Waals surface area contributed by atoms with Crippen molar-refractivity contribution in [2.24, 2.45) is 18.4 Å². The van der Waals surface area contributed by atoms with Crippen LogP contribution in [0.4, 0.5) is 0 Å². The van der Waals surface area contributed by atoms with Gasteiger partial charge in [0.05, 0.1) is 17.6 Å². The zero-order valence-electron chi connectivity index (χ0n) is 14.9. The first kappa shape index (κ1) is 16.6. The van der Waals surface area contributed by atoms with Crippen LogP contribution in [-0.4, -0.2) is 43.6 Å². The summed E-state index contributed by atoms with van der Waals surface area (Å²) in [7, 11) is 1.90. The van der Waals surface area contributed by atoms with Gasteiger partial charge in [-0.05, 0) is 24.8 Å². The molecule has 0 saturated carbocycles. The smallest absolute Gasteiger partial charge is 0.227 e. The van der Waals surface area contributed by atoms with E-state index in [9.17, 15) is 4.79 Å². The maximum atomic E-state index is 12.4. The number of rotatable bonds is 3. The number of amides is 1. The van der Waals surface area contributed by atoms with Gasteiger partial charge in [-0.1, -0.05) is 20.8 Å². The number of hydrogen-bond donors (Lipinski definition) is 0. The minimum Gasteiger partial charge on any atom is -0.342 e. The van der Waals surface area contributed by atoms with Crippen molar-refractivity contribution < 1.29 is 4.79 Å². The molecule has 1 fully saturated rings. The van der Waals surface area contributed by atoms with E-state index in [1.54, 1.807) is 17.1 Å². The van der Waals surface area contributed by atoms with Gasteiger partial charge in [-0.2, -0.15) is 5.10 Å². The third-order valence-electron chi connectivity index (χ3n) is 4.48. The lowest BCUT2D eigenvalue weighted by Crippen LogP contribution is -2.38. The second kappa shape index (κ2) is 6.34. The second-order valence-electron chi connectivity index (χ2n) is 7.60. The Morgan fingerprint density at radius 2 is 2.12 bits per heavy atom. The van der Waals surface area contributed by atoms with E-state index in [0.29, 0.717) is 5.92 Å². The molecule has 24 heavy (non-hydrogen) atoms. The van der Waals surface area contributed by atoms with Gasteiger partial charge in [-0.15, -0.1) is 0 Å². The van der Waals surface area contributed by atoms with Gasteiger partial charge >= 0.3 is 0 Å². The molecule has 1 aliphatic rings. The lowest BCUT2D eigenvalue weighted by Gasteiger charge is -2.25. The predicted octanol–water partition coefficient (Wildman–Crippen LogP) is 2.31. The van der Waals surface area contributed by atoms with Gasteiger partial charge in [0.1, 0.15) is 5.69 Å². The Balaban J connectivity index is 1.68. The molecular formula is C18H25N5O. The summed E-state index contributed by atoms with van der Waals surface area (Å²) >= 11 is 0. The standard InChI is InChI=1S/C18H25N5O/c1-18(2,3)17(24)23-8-6-13(12-23)9-14-10-19-11-15(21-14)16-5-7-20-22(16)4/h5,7,10-11,13H,6,8-9,12H2,1-4H3. The third kappa shape index (κ3) is 3.47. The summed E-state index contributed by atoms with van der Waals surface area (Å²) in [5, 5.41) is 4.18. The molecule has 1 unspecified atom stereocenters. The van der Waals surface area contributed by atoms with Gasteiger partial charge in [-0.25, -0.2) is 4.98 Å². The van der Waals surface area contributed by atoms with Crippen LogP contribution in [0.2, 0.25) is 0 Å². The van der Waals surface area contributed by atoms with Gasteiger partial charge in [0.15, 0.2) is 0 Å². The highest BCUT2D eigenvalue weighted by Gasteiger charge is 2.32. The Kier molecular flexibility index (Phi) is 4.39. The Hall–Kier alpha value is -2.24. The maximum Gasteiger partial charge on any atom is 0.227 e. The van der Waals surface area contributed by atoms with E-state index in [-0.39, 0.29) is 11.3 Å². The highest BCUT2D eigenvalue weighted by atomic mass is 16.2. The number of aryl methyl sites for hydroxylation is 1. The van der Waals surface area contributed by atoms with Crippen LogP contribution in [0.3, 0.4) is 0 Å². The molecule has 1 aliphatic heterocycles. The molecule has 3 heterocycles. The Labute approximate surface area is 142 Å². The van der Waals surface area contributed by atoms with E-state index in [2.05, 4.69) is 10.1 Å². The molecule has 2 aromatic heterocycles. The van der Waals surface area contributed by atoms with Crippen molar-refractivity contribution in [3.63, 3.8) is 0 Å². The Morgan fingerprint density at radius 1 is 1.33 bits per heavy atom. The summed E-state index contributed by atoms with van der Waals surface area (Å²) in [6, 6.07) is 1.94. The lowest BCUT2D eigenvalue weighted by molar-refractivity contribution is -0.138. The van der Waals surface area contributed by atoms with E-state index in [0.717, 1.165) is 43.0 Å². The summed E-state index contributed by atoms with van der Waals surface area (Å²) < 4.78 is 1.80. The first-order valence-corrected chi connectivity index (χ1v) is 8.43. The van der Waals surface area contributed by atoms with Gasteiger partial charge in [0, 0.05) is 37.9 Å². The Morgan fingerprint density at radius 3 is 2.79 bits per heavy atom. The first-order valence-electron chi connectivity index (χ1n) is 8.43. The monoisotopic (exact) mass is 327 g/mol. The van der Waals surface area contributed by atoms with Crippen LogP contribution < -0.4 is 0 Å². The molecule has 6 heteroatoms. The third-order valence-corrected chi connectivity index (χ3v) is 4.48. The molecule has 0 aromatic carbocycles. The summed E-state index contributed by atoms with van der Waals surface area (Å²) in [5.41, 5.74) is 2.46. The lowest BCUT2D eigenvalue weighted by atomic mass is 9.95. The first-order chi connectivity index (χ1) is 11.3. The maximum absolute atomic E-state index is 12.4. The summed E-state index contributed by atoms with van der Waals surface area (Å²) in [5.74, 6) is 0.687. The van der Waals surface area contributed by atoms with E-state index < -0.39 is 0 Å². The van der Waals surface area contributed by atoms with Crippen LogP contribution in [0.25, 0.3) is 11.4 Å². The van der Waals surface area contributed by atoms with Crippen molar-refractivity contribution in [3.8, 4) is 11.4 Å². The SMILES string of the molecule is Cn1nccc1-c1cncc(CC2CCN(C(=O)C(C)(C)C)C2)n1. The molecule has 2 aromatic rings. The fourth-order valence-corrected chi connectivity index (χ4v) is 3.21. The minimum atomic E-state index is -0.311. The summed E-state index contributed by atoms with van der Waals surface area (Å²) in [6.07, 6.45) is 7.24. The van der Waals surface area contributed by atoms with Crippen molar-refractivity contribution >= 4 is 5.91 Å². The number of carbonyl (C=O) groups excluding carboxylic acids is 1. The molecule has 0 bridgehead atoms. The average Bonchev–Trinajstić information content (AvgIpc) is 3.15. The number of nitrogens with zero attached hydrogens (tertiary/aromatic N) is 5. The van der Waals surface area contributed by atoms with Crippen LogP contribution >= 0.6 is 0 Å². The predicted molar refractivity (Wildman–Crippen MR) is 92.1 cm³/mol. The van der Waals surface area contributed by atoms with E-state index in [1.165, 1.54) is 0 Å². The molecule has 0 radical (unpaired) electrons. The zero-order valence-corrected chi connectivity index (χ0v) is 14.9. The molecule has 0 spiro atoms.